The average molecular weight is 255 g/mol. The normalized spacial score (nSPS) is 10.7. The van der Waals surface area contributed by atoms with Gasteiger partial charge in [-0.1, -0.05) is 12.1 Å². The van der Waals surface area contributed by atoms with Gasteiger partial charge in [0.15, 0.2) is 0 Å². The second-order valence-electron chi connectivity index (χ2n) is 4.00. The van der Waals surface area contributed by atoms with Gasteiger partial charge in [0, 0.05) is 11.8 Å². The molecule has 0 spiro atoms. The molecule has 2 heterocycles. The van der Waals surface area contributed by atoms with Crippen LogP contribution in [-0.4, -0.2) is 31.1 Å². The number of hydrogen-bond donors (Lipinski definition) is 3. The molecule has 3 rings (SSSR count). The van der Waals surface area contributed by atoms with Crippen molar-refractivity contribution in [3.63, 3.8) is 0 Å². The lowest BCUT2D eigenvalue weighted by Crippen LogP contribution is -1.96. The van der Waals surface area contributed by atoms with Gasteiger partial charge in [0.1, 0.15) is 17.7 Å². The van der Waals surface area contributed by atoms with Crippen molar-refractivity contribution >= 4 is 17.0 Å². The zero-order valence-corrected chi connectivity index (χ0v) is 9.66. The van der Waals surface area contributed by atoms with Crippen molar-refractivity contribution in [1.29, 1.82) is 0 Å². The third-order valence-electron chi connectivity index (χ3n) is 2.82. The van der Waals surface area contributed by atoms with Crippen LogP contribution in [0, 0.1) is 0 Å². The molecule has 6 heteroatoms. The molecule has 0 saturated carbocycles. The number of phenolic OH excluding ortho intramolecular Hbond substituents is 1. The van der Waals surface area contributed by atoms with Crippen LogP contribution in [0.4, 0.5) is 0 Å². The van der Waals surface area contributed by atoms with Gasteiger partial charge < -0.3 is 15.2 Å². The fourth-order valence-electron chi connectivity index (χ4n) is 2.00. The third-order valence-corrected chi connectivity index (χ3v) is 2.82. The molecule has 0 aliphatic heterocycles. The molecule has 0 aliphatic rings. The van der Waals surface area contributed by atoms with Crippen LogP contribution in [0.2, 0.25) is 0 Å². The minimum atomic E-state index is -1.05. The molecule has 19 heavy (non-hydrogen) atoms. The predicted molar refractivity (Wildman–Crippen MR) is 67.9 cm³/mol. The highest BCUT2D eigenvalue weighted by Crippen LogP contribution is 2.29. The van der Waals surface area contributed by atoms with Gasteiger partial charge in [-0.25, -0.2) is 14.8 Å². The van der Waals surface area contributed by atoms with E-state index in [1.54, 1.807) is 12.1 Å². The largest absolute Gasteiger partial charge is 0.508 e. The summed E-state index contributed by atoms with van der Waals surface area (Å²) in [7, 11) is 0. The van der Waals surface area contributed by atoms with Crippen LogP contribution in [0.15, 0.2) is 36.8 Å². The fourth-order valence-corrected chi connectivity index (χ4v) is 2.00. The Kier molecular flexibility index (Phi) is 2.42. The number of hydrogen-bond acceptors (Lipinski definition) is 4. The van der Waals surface area contributed by atoms with E-state index in [9.17, 15) is 15.0 Å². The molecule has 0 fully saturated rings. The number of nitrogens with zero attached hydrogens (tertiary/aromatic N) is 2. The fraction of sp³-hybridized carbons (Fsp3) is 0. The number of fused-ring (bicyclic) bond motifs is 1. The topological polar surface area (TPSA) is 99.1 Å². The van der Waals surface area contributed by atoms with Crippen LogP contribution < -0.4 is 0 Å². The number of rotatable bonds is 2. The Morgan fingerprint density at radius 1 is 1.26 bits per heavy atom. The summed E-state index contributed by atoms with van der Waals surface area (Å²) in [5, 5.41) is 19.1. The van der Waals surface area contributed by atoms with Crippen LogP contribution >= 0.6 is 0 Å². The molecule has 3 aromatic rings. The number of nitrogens with one attached hydrogen (secondary N) is 1. The van der Waals surface area contributed by atoms with E-state index < -0.39 is 5.97 Å². The van der Waals surface area contributed by atoms with Gasteiger partial charge in [0.25, 0.3) is 0 Å². The monoisotopic (exact) mass is 255 g/mol. The van der Waals surface area contributed by atoms with Gasteiger partial charge in [-0.15, -0.1) is 0 Å². The van der Waals surface area contributed by atoms with Crippen LogP contribution in [0.5, 0.6) is 5.75 Å². The number of aromatic carboxylic acids is 1. The van der Waals surface area contributed by atoms with Crippen molar-refractivity contribution in [3.8, 4) is 17.0 Å². The molecule has 1 aromatic carbocycles. The molecule has 0 bridgehead atoms. The summed E-state index contributed by atoms with van der Waals surface area (Å²) in [4.78, 5) is 22.1. The van der Waals surface area contributed by atoms with Crippen molar-refractivity contribution in [1.82, 2.24) is 15.0 Å². The number of carbonyl (C=O) groups is 1. The molecule has 0 radical (unpaired) electrons. The van der Waals surface area contributed by atoms with Crippen LogP contribution in [0.25, 0.3) is 22.3 Å². The molecule has 0 saturated heterocycles. The zero-order valence-electron chi connectivity index (χ0n) is 9.66. The number of aromatic nitrogens is 3. The van der Waals surface area contributed by atoms with E-state index in [1.165, 1.54) is 24.7 Å². The first-order chi connectivity index (χ1) is 9.16. The molecule has 6 nitrogen and oxygen atoms in total. The molecular weight excluding hydrogens is 246 g/mol. The van der Waals surface area contributed by atoms with Crippen molar-refractivity contribution in [2.24, 2.45) is 0 Å². The van der Waals surface area contributed by atoms with Gasteiger partial charge in [-0.3, -0.25) is 0 Å². The van der Waals surface area contributed by atoms with E-state index in [0.29, 0.717) is 22.3 Å². The van der Waals surface area contributed by atoms with Crippen molar-refractivity contribution in [3.05, 3.63) is 42.4 Å². The smallest absolute Gasteiger partial charge is 0.338 e. The summed E-state index contributed by atoms with van der Waals surface area (Å²) in [6.07, 6.45) is 2.73. The number of carboxylic acids is 1. The Morgan fingerprint density at radius 3 is 2.84 bits per heavy atom. The maximum absolute atomic E-state index is 11.2. The first kappa shape index (κ1) is 11.2. The Hall–Kier alpha value is -2.89. The number of carboxylic acid groups (broad SMARTS) is 1. The van der Waals surface area contributed by atoms with Crippen molar-refractivity contribution < 1.29 is 15.0 Å². The third kappa shape index (κ3) is 1.79. The van der Waals surface area contributed by atoms with Gasteiger partial charge in [0.05, 0.1) is 16.6 Å². The molecule has 0 atom stereocenters. The highest BCUT2D eigenvalue weighted by molar-refractivity contribution is 6.07. The Morgan fingerprint density at radius 2 is 2.11 bits per heavy atom. The molecule has 0 aliphatic carbocycles. The number of benzene rings is 1. The maximum atomic E-state index is 11.2. The average Bonchev–Trinajstić information content (AvgIpc) is 2.82. The Labute approximate surface area is 107 Å². The first-order valence-electron chi connectivity index (χ1n) is 5.51. The molecule has 3 N–H and O–H groups in total. The lowest BCUT2D eigenvalue weighted by molar-refractivity contribution is 0.0699. The van der Waals surface area contributed by atoms with E-state index >= 15 is 0 Å². The lowest BCUT2D eigenvalue weighted by atomic mass is 10.1. The molecule has 0 unspecified atom stereocenters. The predicted octanol–water partition coefficient (Wildman–Crippen LogP) is 2.03. The maximum Gasteiger partial charge on any atom is 0.338 e. The van der Waals surface area contributed by atoms with Gasteiger partial charge in [0.2, 0.25) is 0 Å². The molecular formula is C13H9N3O3. The van der Waals surface area contributed by atoms with E-state index in [0.717, 1.165) is 0 Å². The highest BCUT2D eigenvalue weighted by atomic mass is 16.4. The molecule has 94 valence electrons. The quantitative estimate of drug-likeness (QED) is 0.650. The number of H-pyrrole nitrogens is 1. The van der Waals surface area contributed by atoms with Crippen LogP contribution in [-0.2, 0) is 0 Å². The summed E-state index contributed by atoms with van der Waals surface area (Å²) >= 11 is 0. The van der Waals surface area contributed by atoms with E-state index in [2.05, 4.69) is 15.0 Å². The minimum Gasteiger partial charge on any atom is -0.508 e. The molecule has 2 aromatic heterocycles. The number of phenols is 1. The van der Waals surface area contributed by atoms with E-state index in [4.69, 9.17) is 0 Å². The Balaban J connectivity index is 2.35. The van der Waals surface area contributed by atoms with Gasteiger partial charge >= 0.3 is 5.97 Å². The zero-order chi connectivity index (χ0) is 13.4. The van der Waals surface area contributed by atoms with Crippen LogP contribution in [0.1, 0.15) is 10.4 Å². The number of aromatic amines is 1. The summed E-state index contributed by atoms with van der Waals surface area (Å²) < 4.78 is 0. The lowest BCUT2D eigenvalue weighted by Gasteiger charge is -2.03. The van der Waals surface area contributed by atoms with E-state index in [-0.39, 0.29) is 11.3 Å². The standard InChI is InChI=1S/C13H9N3O3/c17-8-3-1-2-7(4-8)11-10-9(13(18)19)5-14-12(10)16-6-15-11/h1-6,17H,(H,18,19)(H,14,15,16). The second-order valence-corrected chi connectivity index (χ2v) is 4.00. The van der Waals surface area contributed by atoms with Gasteiger partial charge in [-0.05, 0) is 12.1 Å². The minimum absolute atomic E-state index is 0.0941. The number of aromatic hydroxyl groups is 1. The second kappa shape index (κ2) is 4.09. The van der Waals surface area contributed by atoms with Crippen LogP contribution in [0.3, 0.4) is 0 Å². The summed E-state index contributed by atoms with van der Waals surface area (Å²) in [5.41, 5.74) is 1.66. The van der Waals surface area contributed by atoms with Gasteiger partial charge in [-0.2, -0.15) is 0 Å². The van der Waals surface area contributed by atoms with Crippen molar-refractivity contribution in [2.45, 2.75) is 0 Å². The Bertz CT molecular complexity index is 780. The van der Waals surface area contributed by atoms with Crippen molar-refractivity contribution in [2.75, 3.05) is 0 Å². The first-order valence-corrected chi connectivity index (χ1v) is 5.51. The summed E-state index contributed by atoms with van der Waals surface area (Å²) in [5.74, 6) is -0.959. The molecule has 0 amide bonds. The summed E-state index contributed by atoms with van der Waals surface area (Å²) in [6.45, 7) is 0. The SMILES string of the molecule is O=C(O)c1c[nH]c2ncnc(-c3cccc(O)c3)c12. The van der Waals surface area contributed by atoms with E-state index in [1.807, 2.05) is 0 Å². The highest BCUT2D eigenvalue weighted by Gasteiger charge is 2.17. The summed E-state index contributed by atoms with van der Waals surface area (Å²) in [6, 6.07) is 6.49.